The van der Waals surface area contributed by atoms with Crippen LogP contribution in [0.1, 0.15) is 40.0 Å². The van der Waals surface area contributed by atoms with Crippen LogP contribution in [0.5, 0.6) is 0 Å². The zero-order valence-electron chi connectivity index (χ0n) is 10.4. The molecule has 0 aromatic rings. The Hall–Kier alpha value is -1.57. The van der Waals surface area contributed by atoms with E-state index in [0.29, 0.717) is 12.8 Å². The molecule has 1 spiro atoms. The van der Waals surface area contributed by atoms with Crippen molar-refractivity contribution in [3.63, 3.8) is 0 Å². The molecule has 1 heterocycles. The summed E-state index contributed by atoms with van der Waals surface area (Å²) in [5.74, 6) is -0.295. The number of nitrogens with one attached hydrogen (secondary N) is 2. The lowest BCUT2D eigenvalue weighted by atomic mass is 9.58. The van der Waals surface area contributed by atoms with Gasteiger partial charge in [-0.25, -0.2) is 4.79 Å². The van der Waals surface area contributed by atoms with Crippen molar-refractivity contribution in [2.24, 2.45) is 10.8 Å². The van der Waals surface area contributed by atoms with E-state index in [0.717, 1.165) is 6.42 Å². The molecule has 0 bridgehead atoms. The van der Waals surface area contributed by atoms with Gasteiger partial charge in [-0.05, 0) is 31.6 Å². The lowest BCUT2D eigenvalue weighted by Crippen LogP contribution is -2.56. The maximum atomic E-state index is 11.9. The zero-order valence-corrected chi connectivity index (χ0v) is 10.4. The summed E-state index contributed by atoms with van der Waals surface area (Å²) >= 11 is 0. The Morgan fingerprint density at radius 2 is 1.82 bits per heavy atom. The number of amides is 3. The van der Waals surface area contributed by atoms with Gasteiger partial charge in [0.05, 0.1) is 11.5 Å². The molecule has 1 saturated carbocycles. The molecule has 3 amide bonds. The second kappa shape index (κ2) is 3.22. The zero-order chi connectivity index (χ0) is 12.9. The van der Waals surface area contributed by atoms with Gasteiger partial charge in [0.2, 0.25) is 0 Å². The molecule has 0 aromatic carbocycles. The van der Waals surface area contributed by atoms with Crippen LogP contribution in [-0.2, 0) is 4.79 Å². The van der Waals surface area contributed by atoms with E-state index in [1.165, 1.54) is 0 Å². The van der Waals surface area contributed by atoms with Crippen molar-refractivity contribution in [1.29, 1.82) is 5.26 Å². The van der Waals surface area contributed by atoms with E-state index >= 15 is 0 Å². The molecule has 2 rings (SSSR count). The van der Waals surface area contributed by atoms with Crippen LogP contribution in [0.2, 0.25) is 0 Å². The van der Waals surface area contributed by atoms with Gasteiger partial charge in [-0.15, -0.1) is 0 Å². The van der Waals surface area contributed by atoms with Crippen LogP contribution in [-0.4, -0.2) is 17.5 Å². The van der Waals surface area contributed by atoms with Gasteiger partial charge < -0.3 is 5.32 Å². The first kappa shape index (κ1) is 11.9. The van der Waals surface area contributed by atoms with Crippen LogP contribution >= 0.6 is 0 Å². The summed E-state index contributed by atoms with van der Waals surface area (Å²) in [6, 6.07) is 1.84. The van der Waals surface area contributed by atoms with Crippen LogP contribution in [0, 0.1) is 22.2 Å². The number of imide groups is 1. The second-order valence-electron chi connectivity index (χ2n) is 6.36. The van der Waals surface area contributed by atoms with Crippen molar-refractivity contribution in [2.45, 2.75) is 45.6 Å². The molecular formula is C12H17N3O2. The molecule has 0 radical (unpaired) electrons. The molecule has 5 heteroatoms. The van der Waals surface area contributed by atoms with E-state index in [1.807, 2.05) is 20.8 Å². The number of nitriles is 1. The van der Waals surface area contributed by atoms with Gasteiger partial charge in [-0.1, -0.05) is 13.8 Å². The number of nitrogens with zero attached hydrogens (tertiary/aromatic N) is 1. The van der Waals surface area contributed by atoms with Crippen molar-refractivity contribution in [3.8, 4) is 6.07 Å². The van der Waals surface area contributed by atoms with Crippen molar-refractivity contribution in [1.82, 2.24) is 10.6 Å². The van der Waals surface area contributed by atoms with Crippen molar-refractivity contribution in [3.05, 3.63) is 0 Å². The summed E-state index contributed by atoms with van der Waals surface area (Å²) in [6.07, 6.45) is 1.70. The third kappa shape index (κ3) is 1.88. The summed E-state index contributed by atoms with van der Waals surface area (Å²) < 4.78 is 0. The van der Waals surface area contributed by atoms with Gasteiger partial charge in [0.25, 0.3) is 5.91 Å². The Labute approximate surface area is 101 Å². The van der Waals surface area contributed by atoms with Gasteiger partial charge in [0, 0.05) is 0 Å². The first-order chi connectivity index (χ1) is 7.70. The van der Waals surface area contributed by atoms with E-state index in [-0.39, 0.29) is 11.3 Å². The molecule has 2 unspecified atom stereocenters. The number of hydrogen-bond donors (Lipinski definition) is 2. The highest BCUT2D eigenvalue weighted by Crippen LogP contribution is 2.50. The number of carbonyl (C=O) groups is 2. The minimum absolute atomic E-state index is 0.141. The van der Waals surface area contributed by atoms with Crippen LogP contribution in [0.4, 0.5) is 4.79 Å². The maximum Gasteiger partial charge on any atom is 0.322 e. The highest BCUT2D eigenvalue weighted by Gasteiger charge is 2.57. The van der Waals surface area contributed by atoms with E-state index in [2.05, 4.69) is 16.7 Å². The van der Waals surface area contributed by atoms with Crippen molar-refractivity contribution >= 4 is 11.9 Å². The fourth-order valence-corrected chi connectivity index (χ4v) is 3.58. The third-order valence-electron chi connectivity index (χ3n) is 3.63. The Morgan fingerprint density at radius 3 is 2.29 bits per heavy atom. The van der Waals surface area contributed by atoms with Gasteiger partial charge in [-0.2, -0.15) is 5.26 Å². The molecule has 2 fully saturated rings. The fraction of sp³-hybridized carbons (Fsp3) is 0.750. The van der Waals surface area contributed by atoms with Gasteiger partial charge in [0.1, 0.15) is 5.54 Å². The molecule has 1 aliphatic heterocycles. The number of urea groups is 1. The van der Waals surface area contributed by atoms with E-state index in [4.69, 9.17) is 0 Å². The molecule has 2 N–H and O–H groups in total. The molecule has 5 nitrogen and oxygen atoms in total. The highest BCUT2D eigenvalue weighted by molar-refractivity contribution is 6.07. The first-order valence-electron chi connectivity index (χ1n) is 5.75. The molecule has 1 aliphatic carbocycles. The summed E-state index contributed by atoms with van der Waals surface area (Å²) in [5, 5.41) is 14.3. The van der Waals surface area contributed by atoms with Gasteiger partial charge in [-0.3, -0.25) is 10.1 Å². The molecule has 92 valence electrons. The Kier molecular flexibility index (Phi) is 2.25. The largest absolute Gasteiger partial charge is 0.323 e. The quantitative estimate of drug-likeness (QED) is 0.621. The third-order valence-corrected chi connectivity index (χ3v) is 3.63. The van der Waals surface area contributed by atoms with Crippen LogP contribution in [0.25, 0.3) is 0 Å². The topological polar surface area (TPSA) is 82.0 Å². The lowest BCUT2D eigenvalue weighted by molar-refractivity contribution is -0.128. The minimum atomic E-state index is -0.899. The normalized spacial score (nSPS) is 39.6. The smallest absolute Gasteiger partial charge is 0.322 e. The van der Waals surface area contributed by atoms with E-state index in [1.54, 1.807) is 0 Å². The van der Waals surface area contributed by atoms with E-state index < -0.39 is 17.0 Å². The Bertz CT molecular complexity index is 438. The molecule has 17 heavy (non-hydrogen) atoms. The van der Waals surface area contributed by atoms with Crippen molar-refractivity contribution in [2.75, 3.05) is 0 Å². The standard InChI is InChI=1S/C12H17N3O2/c1-10(2)4-11(3,7-13)6-12(5-10)8(16)14-9(17)15-12/h4-6H2,1-3H3,(H2,14,15,16,17). The predicted octanol–water partition coefficient (Wildman–Crippen LogP) is 1.30. The number of hydrogen-bond acceptors (Lipinski definition) is 3. The van der Waals surface area contributed by atoms with E-state index in [9.17, 15) is 14.9 Å². The summed E-state index contributed by atoms with van der Waals surface area (Å²) in [5.41, 5.74) is -1.61. The molecular weight excluding hydrogens is 218 g/mol. The van der Waals surface area contributed by atoms with Crippen molar-refractivity contribution < 1.29 is 9.59 Å². The average Bonchev–Trinajstić information content (AvgIpc) is 2.37. The Balaban J connectivity index is 2.40. The number of rotatable bonds is 0. The minimum Gasteiger partial charge on any atom is -0.323 e. The molecule has 0 aromatic heterocycles. The lowest BCUT2D eigenvalue weighted by Gasteiger charge is -2.47. The first-order valence-corrected chi connectivity index (χ1v) is 5.75. The van der Waals surface area contributed by atoms with Crippen LogP contribution < -0.4 is 10.6 Å². The second-order valence-corrected chi connectivity index (χ2v) is 6.36. The average molecular weight is 235 g/mol. The summed E-state index contributed by atoms with van der Waals surface area (Å²) in [4.78, 5) is 23.3. The molecule has 2 aliphatic rings. The van der Waals surface area contributed by atoms with Crippen LogP contribution in [0.15, 0.2) is 0 Å². The SMILES string of the molecule is CC1(C)CC(C)(C#N)CC2(C1)NC(=O)NC2=O. The molecule has 2 atom stereocenters. The Morgan fingerprint density at radius 1 is 1.18 bits per heavy atom. The van der Waals surface area contributed by atoms with Gasteiger partial charge >= 0.3 is 6.03 Å². The van der Waals surface area contributed by atoms with Gasteiger partial charge in [0.15, 0.2) is 0 Å². The monoisotopic (exact) mass is 235 g/mol. The summed E-state index contributed by atoms with van der Waals surface area (Å²) in [7, 11) is 0. The summed E-state index contributed by atoms with van der Waals surface area (Å²) in [6.45, 7) is 5.91. The highest BCUT2D eigenvalue weighted by atomic mass is 16.2. The predicted molar refractivity (Wildman–Crippen MR) is 60.8 cm³/mol. The van der Waals surface area contributed by atoms with Crippen LogP contribution in [0.3, 0.4) is 0 Å². The number of carbonyl (C=O) groups excluding carboxylic acids is 2. The fourth-order valence-electron chi connectivity index (χ4n) is 3.58. The molecule has 1 saturated heterocycles. The maximum absolute atomic E-state index is 11.9.